The molecule has 0 bridgehead atoms. The van der Waals surface area contributed by atoms with Gasteiger partial charge in [-0.3, -0.25) is 0 Å². The van der Waals surface area contributed by atoms with E-state index in [2.05, 4.69) is 31.2 Å². The third kappa shape index (κ3) is 1.76. The summed E-state index contributed by atoms with van der Waals surface area (Å²) < 4.78 is 0. The van der Waals surface area contributed by atoms with E-state index in [0.29, 0.717) is 12.5 Å². The van der Waals surface area contributed by atoms with E-state index >= 15 is 0 Å². The summed E-state index contributed by atoms with van der Waals surface area (Å²) in [6.07, 6.45) is 3.45. The molecule has 1 fully saturated rings. The Balaban J connectivity index is 2.32. The summed E-state index contributed by atoms with van der Waals surface area (Å²) in [6.45, 7) is 3.02. The fourth-order valence-corrected chi connectivity index (χ4v) is 2.93. The second kappa shape index (κ2) is 4.56. The molecule has 16 heavy (non-hydrogen) atoms. The molecule has 1 aliphatic carbocycles. The van der Waals surface area contributed by atoms with Crippen molar-refractivity contribution in [3.8, 4) is 0 Å². The molecule has 2 nitrogen and oxygen atoms in total. The molecule has 2 heteroatoms. The van der Waals surface area contributed by atoms with Crippen LogP contribution in [0.2, 0.25) is 0 Å². The minimum absolute atomic E-state index is 0.0564. The van der Waals surface area contributed by atoms with E-state index in [1.54, 1.807) is 0 Å². The molecule has 88 valence electrons. The van der Waals surface area contributed by atoms with E-state index in [4.69, 9.17) is 5.73 Å². The standard InChI is InChI=1S/C14H21NO/c1-11-5-2-3-6-12(11)13(9-15)14(10-16)7-4-8-14/h2-3,5-6,13,16H,4,7-10,15H2,1H3/t13-/m0/s1. The second-order valence-electron chi connectivity index (χ2n) is 5.02. The van der Waals surface area contributed by atoms with Gasteiger partial charge < -0.3 is 10.8 Å². The predicted molar refractivity (Wildman–Crippen MR) is 66.3 cm³/mol. The van der Waals surface area contributed by atoms with Gasteiger partial charge >= 0.3 is 0 Å². The van der Waals surface area contributed by atoms with Crippen LogP contribution in [0.5, 0.6) is 0 Å². The fraction of sp³-hybridized carbons (Fsp3) is 0.571. The van der Waals surface area contributed by atoms with Crippen molar-refractivity contribution in [2.75, 3.05) is 13.2 Å². The number of rotatable bonds is 4. The van der Waals surface area contributed by atoms with Crippen LogP contribution in [0, 0.1) is 12.3 Å². The summed E-state index contributed by atoms with van der Waals surface area (Å²) in [5.41, 5.74) is 8.60. The van der Waals surface area contributed by atoms with Crippen LogP contribution >= 0.6 is 0 Å². The molecule has 0 aromatic heterocycles. The molecular formula is C14H21NO. The lowest BCUT2D eigenvalue weighted by molar-refractivity contribution is 0.0190. The van der Waals surface area contributed by atoms with Crippen molar-refractivity contribution in [3.63, 3.8) is 0 Å². The molecule has 1 aliphatic rings. The summed E-state index contributed by atoms with van der Waals surface area (Å²) in [5.74, 6) is 0.312. The minimum atomic E-state index is 0.0564. The molecule has 0 heterocycles. The predicted octanol–water partition coefficient (Wildman–Crippen LogP) is 2.20. The molecule has 0 aliphatic heterocycles. The van der Waals surface area contributed by atoms with Gasteiger partial charge in [-0.1, -0.05) is 30.7 Å². The van der Waals surface area contributed by atoms with E-state index in [9.17, 15) is 5.11 Å². The monoisotopic (exact) mass is 219 g/mol. The largest absolute Gasteiger partial charge is 0.396 e. The van der Waals surface area contributed by atoms with Crippen LogP contribution in [-0.4, -0.2) is 18.3 Å². The Morgan fingerprint density at radius 1 is 1.38 bits per heavy atom. The maximum absolute atomic E-state index is 9.63. The molecule has 0 radical (unpaired) electrons. The highest BCUT2D eigenvalue weighted by molar-refractivity contribution is 5.32. The van der Waals surface area contributed by atoms with Crippen molar-refractivity contribution in [1.29, 1.82) is 0 Å². The van der Waals surface area contributed by atoms with Gasteiger partial charge in [-0.15, -0.1) is 0 Å². The zero-order chi connectivity index (χ0) is 11.6. The van der Waals surface area contributed by atoms with Gasteiger partial charge in [0.1, 0.15) is 0 Å². The highest BCUT2D eigenvalue weighted by Gasteiger charge is 2.43. The SMILES string of the molecule is Cc1ccccc1[C@H](CN)C1(CO)CCC1. The number of aryl methyl sites for hydroxylation is 1. The molecule has 1 saturated carbocycles. The van der Waals surface area contributed by atoms with Crippen molar-refractivity contribution in [2.45, 2.75) is 32.1 Å². The number of hydrogen-bond acceptors (Lipinski definition) is 2. The minimum Gasteiger partial charge on any atom is -0.396 e. The Hall–Kier alpha value is -0.860. The van der Waals surface area contributed by atoms with Gasteiger partial charge in [-0.2, -0.15) is 0 Å². The summed E-state index contributed by atoms with van der Waals surface area (Å²) in [7, 11) is 0. The van der Waals surface area contributed by atoms with Crippen LogP contribution in [0.15, 0.2) is 24.3 Å². The van der Waals surface area contributed by atoms with Crippen molar-refractivity contribution in [3.05, 3.63) is 35.4 Å². The third-order valence-electron chi connectivity index (χ3n) is 4.20. The Kier molecular flexibility index (Phi) is 3.31. The maximum Gasteiger partial charge on any atom is 0.0493 e. The number of nitrogens with two attached hydrogens (primary N) is 1. The smallest absolute Gasteiger partial charge is 0.0493 e. The van der Waals surface area contributed by atoms with Crippen LogP contribution in [0.25, 0.3) is 0 Å². The van der Waals surface area contributed by atoms with Crippen LogP contribution < -0.4 is 5.73 Å². The van der Waals surface area contributed by atoms with Gasteiger partial charge in [0.25, 0.3) is 0 Å². The number of benzene rings is 1. The van der Waals surface area contributed by atoms with Gasteiger partial charge in [0.15, 0.2) is 0 Å². The number of aliphatic hydroxyl groups excluding tert-OH is 1. The van der Waals surface area contributed by atoms with Gasteiger partial charge in [0.2, 0.25) is 0 Å². The summed E-state index contributed by atoms with van der Waals surface area (Å²) in [6, 6.07) is 8.40. The molecular weight excluding hydrogens is 198 g/mol. The van der Waals surface area contributed by atoms with E-state index in [0.717, 1.165) is 12.8 Å². The topological polar surface area (TPSA) is 46.2 Å². The van der Waals surface area contributed by atoms with Crippen molar-refractivity contribution in [2.24, 2.45) is 11.1 Å². The summed E-state index contributed by atoms with van der Waals surface area (Å²) in [5, 5.41) is 9.63. The first kappa shape index (κ1) is 11.6. The van der Waals surface area contributed by atoms with E-state index in [-0.39, 0.29) is 12.0 Å². The Morgan fingerprint density at radius 2 is 2.06 bits per heavy atom. The van der Waals surface area contributed by atoms with Crippen LogP contribution in [0.3, 0.4) is 0 Å². The quantitative estimate of drug-likeness (QED) is 0.815. The number of hydrogen-bond donors (Lipinski definition) is 2. The molecule has 0 unspecified atom stereocenters. The first-order valence-electron chi connectivity index (χ1n) is 6.10. The van der Waals surface area contributed by atoms with Crippen LogP contribution in [-0.2, 0) is 0 Å². The lowest BCUT2D eigenvalue weighted by Crippen LogP contribution is -2.42. The molecule has 0 amide bonds. The Labute approximate surface area is 97.5 Å². The Morgan fingerprint density at radius 3 is 2.50 bits per heavy atom. The summed E-state index contributed by atoms with van der Waals surface area (Å²) >= 11 is 0. The van der Waals surface area contributed by atoms with Crippen LogP contribution in [0.1, 0.15) is 36.3 Å². The lowest BCUT2D eigenvalue weighted by Gasteiger charge is -2.47. The van der Waals surface area contributed by atoms with Gasteiger partial charge in [-0.25, -0.2) is 0 Å². The molecule has 0 saturated heterocycles. The van der Waals surface area contributed by atoms with Gasteiger partial charge in [0.05, 0.1) is 0 Å². The van der Waals surface area contributed by atoms with Gasteiger partial charge in [-0.05, 0) is 37.4 Å². The van der Waals surface area contributed by atoms with E-state index < -0.39 is 0 Å². The van der Waals surface area contributed by atoms with Crippen molar-refractivity contribution < 1.29 is 5.11 Å². The normalized spacial score (nSPS) is 20.2. The van der Waals surface area contributed by atoms with Crippen LogP contribution in [0.4, 0.5) is 0 Å². The zero-order valence-electron chi connectivity index (χ0n) is 9.95. The highest BCUT2D eigenvalue weighted by atomic mass is 16.3. The second-order valence-corrected chi connectivity index (χ2v) is 5.02. The summed E-state index contributed by atoms with van der Waals surface area (Å²) in [4.78, 5) is 0. The molecule has 2 rings (SSSR count). The average Bonchev–Trinajstić information content (AvgIpc) is 2.25. The van der Waals surface area contributed by atoms with E-state index in [1.807, 2.05) is 0 Å². The fourth-order valence-electron chi connectivity index (χ4n) is 2.93. The molecule has 1 aromatic carbocycles. The first-order valence-corrected chi connectivity index (χ1v) is 6.10. The van der Waals surface area contributed by atoms with Gasteiger partial charge in [0, 0.05) is 17.9 Å². The molecule has 0 spiro atoms. The lowest BCUT2D eigenvalue weighted by atomic mass is 9.59. The third-order valence-corrected chi connectivity index (χ3v) is 4.20. The Bertz CT molecular complexity index is 352. The average molecular weight is 219 g/mol. The van der Waals surface area contributed by atoms with E-state index in [1.165, 1.54) is 17.5 Å². The molecule has 1 aromatic rings. The molecule has 1 atom stereocenters. The van der Waals surface area contributed by atoms with Crippen molar-refractivity contribution in [1.82, 2.24) is 0 Å². The first-order chi connectivity index (χ1) is 7.73. The maximum atomic E-state index is 9.63. The highest BCUT2D eigenvalue weighted by Crippen LogP contribution is 2.51. The molecule has 3 N–H and O–H groups in total. The zero-order valence-corrected chi connectivity index (χ0v) is 9.95. The van der Waals surface area contributed by atoms with Crippen molar-refractivity contribution >= 4 is 0 Å². The number of aliphatic hydroxyl groups is 1.